The first-order chi connectivity index (χ1) is 6.38. The molecule has 1 fully saturated rings. The van der Waals surface area contributed by atoms with Gasteiger partial charge in [-0.3, -0.25) is 0 Å². The van der Waals surface area contributed by atoms with Gasteiger partial charge in [-0.25, -0.2) is 0 Å². The van der Waals surface area contributed by atoms with Gasteiger partial charge in [-0.2, -0.15) is 0 Å². The lowest BCUT2D eigenvalue weighted by molar-refractivity contribution is 0.0605. The summed E-state index contributed by atoms with van der Waals surface area (Å²) >= 11 is 0. The van der Waals surface area contributed by atoms with Crippen molar-refractivity contribution >= 4 is 0 Å². The minimum atomic E-state index is -0.379. The van der Waals surface area contributed by atoms with Crippen molar-refractivity contribution in [3.05, 3.63) is 11.8 Å². The molecule has 0 saturated carbocycles. The predicted octanol–water partition coefficient (Wildman–Crippen LogP) is 0.651. The van der Waals surface area contributed by atoms with Crippen LogP contribution in [0.3, 0.4) is 0 Å². The van der Waals surface area contributed by atoms with Crippen molar-refractivity contribution < 1.29 is 9.84 Å². The van der Waals surface area contributed by atoms with Crippen LogP contribution in [-0.2, 0) is 4.74 Å². The summed E-state index contributed by atoms with van der Waals surface area (Å²) in [4.78, 5) is 0. The number of aliphatic hydroxyl groups excluding tert-OH is 1. The van der Waals surface area contributed by atoms with Crippen LogP contribution in [0.5, 0.6) is 0 Å². The zero-order valence-electron chi connectivity index (χ0n) is 7.83. The fourth-order valence-electron chi connectivity index (χ4n) is 1.96. The van der Waals surface area contributed by atoms with E-state index in [-0.39, 0.29) is 6.10 Å². The Morgan fingerprint density at radius 3 is 3.15 bits per heavy atom. The Morgan fingerprint density at radius 2 is 2.54 bits per heavy atom. The van der Waals surface area contributed by atoms with E-state index < -0.39 is 0 Å². The van der Waals surface area contributed by atoms with Crippen molar-refractivity contribution in [1.82, 2.24) is 5.32 Å². The third-order valence-electron chi connectivity index (χ3n) is 2.80. The van der Waals surface area contributed by atoms with Crippen LogP contribution in [0, 0.1) is 5.92 Å². The molecule has 0 spiro atoms. The third kappa shape index (κ3) is 2.03. The van der Waals surface area contributed by atoms with Crippen molar-refractivity contribution in [2.75, 3.05) is 19.7 Å². The lowest BCUT2D eigenvalue weighted by atomic mass is 9.98. The average molecular weight is 183 g/mol. The van der Waals surface area contributed by atoms with Gasteiger partial charge in [0.1, 0.15) is 11.9 Å². The van der Waals surface area contributed by atoms with Gasteiger partial charge >= 0.3 is 0 Å². The summed E-state index contributed by atoms with van der Waals surface area (Å²) in [5.41, 5.74) is 0. The van der Waals surface area contributed by atoms with Crippen LogP contribution in [0.2, 0.25) is 0 Å². The second-order valence-electron chi connectivity index (χ2n) is 3.79. The molecule has 2 N–H and O–H groups in total. The topological polar surface area (TPSA) is 41.5 Å². The maximum Gasteiger partial charge on any atom is 0.121 e. The first-order valence-electron chi connectivity index (χ1n) is 5.09. The second-order valence-corrected chi connectivity index (χ2v) is 3.79. The SMILES string of the molecule is OC(C1=CCCCO1)[C@H]1CCNC1. The zero-order chi connectivity index (χ0) is 9.10. The van der Waals surface area contributed by atoms with E-state index in [1.807, 2.05) is 6.08 Å². The zero-order valence-corrected chi connectivity index (χ0v) is 7.83. The number of rotatable bonds is 2. The Bertz CT molecular complexity index is 197. The predicted molar refractivity (Wildman–Crippen MR) is 50.3 cm³/mol. The van der Waals surface area contributed by atoms with Crippen molar-refractivity contribution in [3.8, 4) is 0 Å². The molecule has 2 rings (SSSR count). The number of allylic oxidation sites excluding steroid dienone is 1. The molecule has 2 aliphatic rings. The van der Waals surface area contributed by atoms with Crippen molar-refractivity contribution in [1.29, 1.82) is 0 Å². The molecule has 13 heavy (non-hydrogen) atoms. The van der Waals surface area contributed by atoms with Crippen molar-refractivity contribution in [3.63, 3.8) is 0 Å². The summed E-state index contributed by atoms with van der Waals surface area (Å²) in [5.74, 6) is 1.16. The molecule has 0 aromatic heterocycles. The highest BCUT2D eigenvalue weighted by Crippen LogP contribution is 2.22. The van der Waals surface area contributed by atoms with Gasteiger partial charge in [0, 0.05) is 12.5 Å². The molecule has 0 aliphatic carbocycles. The highest BCUT2D eigenvalue weighted by molar-refractivity contribution is 5.05. The van der Waals surface area contributed by atoms with Crippen LogP contribution >= 0.6 is 0 Å². The number of nitrogens with one attached hydrogen (secondary N) is 1. The maximum atomic E-state index is 9.94. The Morgan fingerprint density at radius 1 is 1.62 bits per heavy atom. The summed E-state index contributed by atoms with van der Waals surface area (Å²) in [6.07, 6.45) is 4.84. The lowest BCUT2D eigenvalue weighted by Gasteiger charge is -2.23. The first-order valence-corrected chi connectivity index (χ1v) is 5.09. The van der Waals surface area contributed by atoms with Gasteiger partial charge in [-0.15, -0.1) is 0 Å². The normalized spacial score (nSPS) is 30.8. The van der Waals surface area contributed by atoms with E-state index in [9.17, 15) is 5.11 Å². The number of aliphatic hydroxyl groups is 1. The number of hydrogen-bond donors (Lipinski definition) is 2. The van der Waals surface area contributed by atoms with Gasteiger partial charge in [0.05, 0.1) is 6.61 Å². The van der Waals surface area contributed by atoms with Crippen LogP contribution in [0.15, 0.2) is 11.8 Å². The summed E-state index contributed by atoms with van der Waals surface area (Å²) in [5, 5.41) is 13.2. The molecule has 3 heteroatoms. The molecule has 2 atom stereocenters. The standard InChI is InChI=1S/C10H17NO2/c12-10(8-4-5-11-7-8)9-3-1-2-6-13-9/h3,8,10-12H,1-2,4-7H2/t8-,10?/m0/s1. The summed E-state index contributed by atoms with van der Waals surface area (Å²) < 4.78 is 5.44. The number of hydrogen-bond acceptors (Lipinski definition) is 3. The fraction of sp³-hybridized carbons (Fsp3) is 0.800. The summed E-state index contributed by atoms with van der Waals surface area (Å²) in [6.45, 7) is 2.71. The minimum absolute atomic E-state index is 0.351. The van der Waals surface area contributed by atoms with E-state index >= 15 is 0 Å². The molecule has 1 saturated heterocycles. The second kappa shape index (κ2) is 4.11. The highest BCUT2D eigenvalue weighted by atomic mass is 16.5. The Hall–Kier alpha value is -0.540. The van der Waals surface area contributed by atoms with Gasteiger partial charge in [0.2, 0.25) is 0 Å². The van der Waals surface area contributed by atoms with Crippen LogP contribution in [0.1, 0.15) is 19.3 Å². The van der Waals surface area contributed by atoms with Crippen molar-refractivity contribution in [2.45, 2.75) is 25.4 Å². The molecule has 2 heterocycles. The van der Waals surface area contributed by atoms with Crippen LogP contribution in [0.25, 0.3) is 0 Å². The van der Waals surface area contributed by atoms with Crippen LogP contribution in [-0.4, -0.2) is 30.9 Å². The third-order valence-corrected chi connectivity index (χ3v) is 2.80. The molecule has 2 aliphatic heterocycles. The van der Waals surface area contributed by atoms with Gasteiger partial charge in [0.25, 0.3) is 0 Å². The van der Waals surface area contributed by atoms with E-state index in [1.165, 1.54) is 0 Å². The van der Waals surface area contributed by atoms with Gasteiger partial charge in [-0.05, 0) is 31.9 Å². The molecule has 0 bridgehead atoms. The Balaban J connectivity index is 1.94. The monoisotopic (exact) mass is 183 g/mol. The van der Waals surface area contributed by atoms with Gasteiger partial charge in [-0.1, -0.05) is 0 Å². The fourth-order valence-corrected chi connectivity index (χ4v) is 1.96. The van der Waals surface area contributed by atoms with E-state index in [2.05, 4.69) is 5.32 Å². The van der Waals surface area contributed by atoms with E-state index in [0.717, 1.165) is 44.7 Å². The molecular weight excluding hydrogens is 166 g/mol. The van der Waals surface area contributed by atoms with Crippen LogP contribution in [0.4, 0.5) is 0 Å². The molecule has 74 valence electrons. The highest BCUT2D eigenvalue weighted by Gasteiger charge is 2.27. The first kappa shape index (κ1) is 9.03. The number of ether oxygens (including phenoxy) is 1. The molecular formula is C10H17NO2. The molecule has 0 radical (unpaired) electrons. The lowest BCUT2D eigenvalue weighted by Crippen LogP contribution is -2.27. The smallest absolute Gasteiger partial charge is 0.121 e. The van der Waals surface area contributed by atoms with Crippen LogP contribution < -0.4 is 5.32 Å². The van der Waals surface area contributed by atoms with Gasteiger partial charge < -0.3 is 15.2 Å². The Kier molecular flexibility index (Phi) is 2.86. The molecule has 1 unspecified atom stereocenters. The average Bonchev–Trinajstić information content (AvgIpc) is 2.71. The molecule has 0 amide bonds. The van der Waals surface area contributed by atoms with Gasteiger partial charge in [0.15, 0.2) is 0 Å². The van der Waals surface area contributed by atoms with E-state index in [4.69, 9.17) is 4.74 Å². The maximum absolute atomic E-state index is 9.94. The summed E-state index contributed by atoms with van der Waals surface area (Å²) in [7, 11) is 0. The minimum Gasteiger partial charge on any atom is -0.495 e. The molecule has 0 aromatic rings. The van der Waals surface area contributed by atoms with E-state index in [0.29, 0.717) is 5.92 Å². The summed E-state index contributed by atoms with van der Waals surface area (Å²) in [6, 6.07) is 0. The van der Waals surface area contributed by atoms with E-state index in [1.54, 1.807) is 0 Å². The largest absolute Gasteiger partial charge is 0.495 e. The Labute approximate surface area is 78.8 Å². The quantitative estimate of drug-likeness (QED) is 0.660. The van der Waals surface area contributed by atoms with Crippen molar-refractivity contribution in [2.24, 2.45) is 5.92 Å². The molecule has 3 nitrogen and oxygen atoms in total. The molecule has 0 aromatic carbocycles.